The lowest BCUT2D eigenvalue weighted by molar-refractivity contribution is 0.427. The highest BCUT2D eigenvalue weighted by molar-refractivity contribution is 5.81. The minimum atomic E-state index is -1.17. The molecule has 172 valence electrons. The van der Waals surface area contributed by atoms with Crippen LogP contribution in [0, 0.1) is 29.2 Å². The number of hydrogen-bond donors (Lipinski definition) is 0. The predicted molar refractivity (Wildman–Crippen MR) is 118 cm³/mol. The van der Waals surface area contributed by atoms with Crippen molar-refractivity contribution < 1.29 is 22.0 Å². The third kappa shape index (κ3) is 4.23. The SMILES string of the molecule is CCCCCC1CC=C(c2cc3c(c(F)c2F)-c2c(cc(CCCF)c(F)c2F)C3)CC1. The van der Waals surface area contributed by atoms with Gasteiger partial charge in [-0.25, -0.2) is 17.6 Å². The summed E-state index contributed by atoms with van der Waals surface area (Å²) in [5, 5.41) is 0. The van der Waals surface area contributed by atoms with Crippen LogP contribution in [0.5, 0.6) is 0 Å². The maximum absolute atomic E-state index is 15.2. The summed E-state index contributed by atoms with van der Waals surface area (Å²) in [6.45, 7) is 1.55. The van der Waals surface area contributed by atoms with Crippen LogP contribution >= 0.6 is 0 Å². The highest BCUT2D eigenvalue weighted by atomic mass is 19.2. The number of alkyl halides is 1. The Bertz CT molecular complexity index is 1040. The molecule has 0 fully saturated rings. The van der Waals surface area contributed by atoms with Gasteiger partial charge in [-0.15, -0.1) is 0 Å². The molecular formula is C27H29F5. The van der Waals surface area contributed by atoms with E-state index in [1.54, 1.807) is 6.07 Å². The number of hydrogen-bond acceptors (Lipinski definition) is 0. The van der Waals surface area contributed by atoms with Crippen LogP contribution in [0.2, 0.25) is 0 Å². The van der Waals surface area contributed by atoms with Crippen LogP contribution in [0.1, 0.15) is 80.5 Å². The molecule has 0 aromatic heterocycles. The lowest BCUT2D eigenvalue weighted by Crippen LogP contribution is -2.08. The van der Waals surface area contributed by atoms with Gasteiger partial charge in [-0.2, -0.15) is 0 Å². The lowest BCUT2D eigenvalue weighted by atomic mass is 9.83. The number of rotatable bonds is 8. The fraction of sp³-hybridized carbons (Fsp3) is 0.481. The van der Waals surface area contributed by atoms with E-state index in [-0.39, 0.29) is 41.5 Å². The van der Waals surface area contributed by atoms with Gasteiger partial charge in [-0.3, -0.25) is 4.39 Å². The molecule has 0 bridgehead atoms. The van der Waals surface area contributed by atoms with E-state index < -0.39 is 29.9 Å². The molecule has 0 N–H and O–H groups in total. The molecule has 0 saturated heterocycles. The summed E-state index contributed by atoms with van der Waals surface area (Å²) < 4.78 is 72.1. The Morgan fingerprint density at radius 3 is 2.25 bits per heavy atom. The number of allylic oxidation sites excluding steroid dienone is 2. The van der Waals surface area contributed by atoms with Crippen molar-refractivity contribution in [1.82, 2.24) is 0 Å². The number of halogens is 5. The normalized spacial score (nSPS) is 17.3. The highest BCUT2D eigenvalue weighted by Crippen LogP contribution is 2.45. The van der Waals surface area contributed by atoms with Gasteiger partial charge in [0.25, 0.3) is 0 Å². The second-order valence-corrected chi connectivity index (χ2v) is 9.12. The number of benzene rings is 2. The Balaban J connectivity index is 1.64. The monoisotopic (exact) mass is 448 g/mol. The Morgan fingerprint density at radius 2 is 1.59 bits per heavy atom. The van der Waals surface area contributed by atoms with Crippen molar-refractivity contribution in [3.05, 3.63) is 63.7 Å². The molecule has 2 aromatic rings. The molecule has 1 unspecified atom stereocenters. The number of fused-ring (bicyclic) bond motifs is 3. The molecule has 0 spiro atoms. The van der Waals surface area contributed by atoms with Crippen LogP contribution in [-0.2, 0) is 12.8 Å². The van der Waals surface area contributed by atoms with E-state index >= 15 is 8.78 Å². The first kappa shape index (κ1) is 23.0. The van der Waals surface area contributed by atoms with Gasteiger partial charge in [-0.1, -0.05) is 44.7 Å². The smallest absolute Gasteiger partial charge is 0.167 e. The van der Waals surface area contributed by atoms with Gasteiger partial charge in [0.05, 0.1) is 6.67 Å². The minimum absolute atomic E-state index is 0.0667. The summed E-state index contributed by atoms with van der Waals surface area (Å²) in [7, 11) is 0. The second kappa shape index (κ2) is 9.76. The van der Waals surface area contributed by atoms with E-state index in [4.69, 9.17) is 0 Å². The molecule has 5 heteroatoms. The first-order valence-electron chi connectivity index (χ1n) is 11.7. The van der Waals surface area contributed by atoms with Crippen LogP contribution in [-0.4, -0.2) is 6.67 Å². The molecule has 0 heterocycles. The zero-order valence-electron chi connectivity index (χ0n) is 18.5. The number of aryl methyl sites for hydroxylation is 1. The standard InChI is InChI=1S/C27H29F5/c1-2-3-4-6-16-8-10-17(11-9-16)21-15-20-14-19-13-18(7-5-12-28)24(29)26(31)22(19)23(20)27(32)25(21)30/h10,13,15-16H,2-9,11-12,14H2,1H3. The van der Waals surface area contributed by atoms with E-state index in [1.807, 2.05) is 6.08 Å². The van der Waals surface area contributed by atoms with Gasteiger partial charge in [0.2, 0.25) is 0 Å². The molecule has 0 nitrogen and oxygen atoms in total. The fourth-order valence-corrected chi connectivity index (χ4v) is 5.19. The molecule has 32 heavy (non-hydrogen) atoms. The molecule has 4 rings (SSSR count). The van der Waals surface area contributed by atoms with Crippen LogP contribution in [0.3, 0.4) is 0 Å². The van der Waals surface area contributed by atoms with Crippen LogP contribution in [0.25, 0.3) is 16.7 Å². The molecule has 0 amide bonds. The first-order valence-corrected chi connectivity index (χ1v) is 11.7. The van der Waals surface area contributed by atoms with Gasteiger partial charge in [0.1, 0.15) is 0 Å². The van der Waals surface area contributed by atoms with Crippen molar-refractivity contribution in [2.24, 2.45) is 5.92 Å². The van der Waals surface area contributed by atoms with Crippen molar-refractivity contribution >= 4 is 5.57 Å². The van der Waals surface area contributed by atoms with Crippen molar-refractivity contribution in [1.29, 1.82) is 0 Å². The third-order valence-corrected chi connectivity index (χ3v) is 6.94. The van der Waals surface area contributed by atoms with Crippen LogP contribution in [0.4, 0.5) is 22.0 Å². The lowest BCUT2D eigenvalue weighted by Gasteiger charge is -2.23. The quantitative estimate of drug-likeness (QED) is 0.239. The van der Waals surface area contributed by atoms with E-state index in [2.05, 4.69) is 6.92 Å². The molecule has 2 aliphatic rings. The summed E-state index contributed by atoms with van der Waals surface area (Å²) in [6, 6.07) is 3.08. The van der Waals surface area contributed by atoms with Gasteiger partial charge in [-0.05, 0) is 72.8 Å². The highest BCUT2D eigenvalue weighted by Gasteiger charge is 2.32. The van der Waals surface area contributed by atoms with Crippen molar-refractivity contribution in [3.8, 4) is 11.1 Å². The summed E-state index contributed by atoms with van der Waals surface area (Å²) in [4.78, 5) is 0. The first-order chi connectivity index (χ1) is 15.5. The average molecular weight is 449 g/mol. The maximum Gasteiger partial charge on any atom is 0.167 e. The molecule has 0 saturated carbocycles. The molecule has 0 radical (unpaired) electrons. The third-order valence-electron chi connectivity index (χ3n) is 6.94. The van der Waals surface area contributed by atoms with E-state index in [0.29, 0.717) is 23.5 Å². The second-order valence-electron chi connectivity index (χ2n) is 9.12. The summed E-state index contributed by atoms with van der Waals surface area (Å²) in [5.74, 6) is -3.80. The van der Waals surface area contributed by atoms with Crippen LogP contribution < -0.4 is 0 Å². The van der Waals surface area contributed by atoms with Crippen LogP contribution in [0.15, 0.2) is 18.2 Å². The Hall–Kier alpha value is -2.17. The molecule has 2 aliphatic carbocycles. The molecule has 1 atom stereocenters. The Labute approximate surface area is 186 Å². The van der Waals surface area contributed by atoms with Gasteiger partial charge < -0.3 is 0 Å². The summed E-state index contributed by atoms with van der Waals surface area (Å²) >= 11 is 0. The van der Waals surface area contributed by atoms with Gasteiger partial charge >= 0.3 is 0 Å². The summed E-state index contributed by atoms with van der Waals surface area (Å²) in [5.41, 5.74) is 1.64. The minimum Gasteiger partial charge on any atom is -0.251 e. The molecular weight excluding hydrogens is 419 g/mol. The largest absolute Gasteiger partial charge is 0.251 e. The Kier molecular flexibility index (Phi) is 7.02. The zero-order chi connectivity index (χ0) is 22.8. The van der Waals surface area contributed by atoms with E-state index in [0.717, 1.165) is 24.8 Å². The Morgan fingerprint density at radius 1 is 0.875 bits per heavy atom. The zero-order valence-corrected chi connectivity index (χ0v) is 18.5. The van der Waals surface area contributed by atoms with Gasteiger partial charge in [0.15, 0.2) is 23.3 Å². The fourth-order valence-electron chi connectivity index (χ4n) is 5.19. The van der Waals surface area contributed by atoms with Crippen molar-refractivity contribution in [2.45, 2.75) is 71.1 Å². The van der Waals surface area contributed by atoms with Gasteiger partial charge in [0, 0.05) is 16.7 Å². The number of unbranched alkanes of at least 4 members (excludes halogenated alkanes) is 2. The van der Waals surface area contributed by atoms with Crippen molar-refractivity contribution in [3.63, 3.8) is 0 Å². The van der Waals surface area contributed by atoms with Crippen molar-refractivity contribution in [2.75, 3.05) is 6.67 Å². The average Bonchev–Trinajstić information content (AvgIpc) is 3.17. The van der Waals surface area contributed by atoms with E-state index in [9.17, 15) is 13.2 Å². The maximum atomic E-state index is 15.2. The topological polar surface area (TPSA) is 0 Å². The summed E-state index contributed by atoms with van der Waals surface area (Å²) in [6.07, 6.45) is 9.62. The predicted octanol–water partition coefficient (Wildman–Crippen LogP) is 8.48. The van der Waals surface area contributed by atoms with E-state index in [1.165, 1.54) is 25.3 Å². The molecule has 2 aromatic carbocycles. The molecule has 0 aliphatic heterocycles.